The van der Waals surface area contributed by atoms with Crippen LogP contribution in [0.1, 0.15) is 24.8 Å². The third-order valence-electron chi connectivity index (χ3n) is 3.76. The van der Waals surface area contributed by atoms with Gasteiger partial charge in [-0.15, -0.1) is 0 Å². The highest BCUT2D eigenvalue weighted by atomic mass is 15.2. The number of benzene rings is 1. The molecule has 0 atom stereocenters. The second-order valence-electron chi connectivity index (χ2n) is 5.29. The predicted molar refractivity (Wildman–Crippen MR) is 84.1 cm³/mol. The Kier molecular flexibility index (Phi) is 4.16. The Balaban J connectivity index is 1.58. The van der Waals surface area contributed by atoms with E-state index in [2.05, 4.69) is 39.5 Å². The summed E-state index contributed by atoms with van der Waals surface area (Å²) >= 11 is 0. The molecule has 0 amide bonds. The molecule has 1 fully saturated rings. The van der Waals surface area contributed by atoms with Crippen LogP contribution in [0, 0.1) is 0 Å². The number of rotatable bonds is 4. The number of pyridine rings is 1. The minimum absolute atomic E-state index is 0.817. The van der Waals surface area contributed by atoms with E-state index in [1.54, 1.807) is 0 Å². The van der Waals surface area contributed by atoms with Gasteiger partial charge in [-0.3, -0.25) is 0 Å². The summed E-state index contributed by atoms with van der Waals surface area (Å²) in [5, 5.41) is 3.41. The molecular formula is C17H21N3. The minimum Gasteiger partial charge on any atom is -0.381 e. The van der Waals surface area contributed by atoms with Gasteiger partial charge in [-0.2, -0.15) is 0 Å². The molecule has 1 aromatic heterocycles. The number of nitrogens with one attached hydrogen (secondary N) is 1. The molecule has 1 saturated heterocycles. The van der Waals surface area contributed by atoms with E-state index < -0.39 is 0 Å². The number of hydrogen-bond acceptors (Lipinski definition) is 3. The monoisotopic (exact) mass is 267 g/mol. The smallest absolute Gasteiger partial charge is 0.128 e. The van der Waals surface area contributed by atoms with Crippen LogP contribution in [-0.4, -0.2) is 18.1 Å². The van der Waals surface area contributed by atoms with Crippen molar-refractivity contribution in [3.05, 3.63) is 54.2 Å². The van der Waals surface area contributed by atoms with E-state index in [1.807, 2.05) is 24.4 Å². The molecule has 20 heavy (non-hydrogen) atoms. The summed E-state index contributed by atoms with van der Waals surface area (Å²) in [6.07, 6.45) is 5.92. The standard InChI is InChI=1S/C17H21N3/c1-3-7-16(8-4-1)18-13-15-9-10-17(19-14-15)20-11-5-2-6-12-20/h1,3-4,7-10,14,18H,2,5-6,11-13H2. The predicted octanol–water partition coefficient (Wildman–Crippen LogP) is 3.68. The SMILES string of the molecule is c1ccc(NCc2ccc(N3CCCCC3)nc2)cc1. The summed E-state index contributed by atoms with van der Waals surface area (Å²) < 4.78 is 0. The largest absolute Gasteiger partial charge is 0.381 e. The Morgan fingerprint density at radius 2 is 1.75 bits per heavy atom. The van der Waals surface area contributed by atoms with Crippen molar-refractivity contribution in [2.24, 2.45) is 0 Å². The summed E-state index contributed by atoms with van der Waals surface area (Å²) in [6.45, 7) is 3.11. The minimum atomic E-state index is 0.817. The second kappa shape index (κ2) is 6.42. The first-order chi connectivity index (χ1) is 9.92. The normalized spacial score (nSPS) is 15.1. The summed E-state index contributed by atoms with van der Waals surface area (Å²) in [5.74, 6) is 1.12. The van der Waals surface area contributed by atoms with Crippen LogP contribution in [0.5, 0.6) is 0 Å². The molecule has 3 rings (SSSR count). The van der Waals surface area contributed by atoms with Crippen molar-refractivity contribution in [2.45, 2.75) is 25.8 Å². The molecule has 1 aliphatic heterocycles. The fourth-order valence-corrected chi connectivity index (χ4v) is 2.59. The zero-order chi connectivity index (χ0) is 13.6. The number of anilines is 2. The molecule has 0 radical (unpaired) electrons. The van der Waals surface area contributed by atoms with Crippen LogP contribution in [0.25, 0.3) is 0 Å². The Morgan fingerprint density at radius 1 is 0.950 bits per heavy atom. The summed E-state index contributed by atoms with van der Waals surface area (Å²) in [4.78, 5) is 6.99. The van der Waals surface area contributed by atoms with Crippen molar-refractivity contribution in [1.82, 2.24) is 4.98 Å². The van der Waals surface area contributed by atoms with E-state index >= 15 is 0 Å². The van der Waals surface area contributed by atoms with Crippen molar-refractivity contribution < 1.29 is 0 Å². The number of aromatic nitrogens is 1. The third-order valence-corrected chi connectivity index (χ3v) is 3.76. The Morgan fingerprint density at radius 3 is 2.45 bits per heavy atom. The maximum Gasteiger partial charge on any atom is 0.128 e. The van der Waals surface area contributed by atoms with Crippen LogP contribution >= 0.6 is 0 Å². The second-order valence-corrected chi connectivity index (χ2v) is 5.29. The molecular weight excluding hydrogens is 246 g/mol. The van der Waals surface area contributed by atoms with Gasteiger partial charge in [-0.05, 0) is 43.0 Å². The van der Waals surface area contributed by atoms with E-state index in [0.29, 0.717) is 0 Å². The van der Waals surface area contributed by atoms with Gasteiger partial charge in [0, 0.05) is 31.5 Å². The number of piperidine rings is 1. The fourth-order valence-electron chi connectivity index (χ4n) is 2.59. The van der Waals surface area contributed by atoms with Gasteiger partial charge in [0.2, 0.25) is 0 Å². The van der Waals surface area contributed by atoms with Gasteiger partial charge in [0.1, 0.15) is 5.82 Å². The van der Waals surface area contributed by atoms with Gasteiger partial charge in [-0.25, -0.2) is 4.98 Å². The molecule has 1 N–H and O–H groups in total. The van der Waals surface area contributed by atoms with E-state index in [1.165, 1.54) is 24.8 Å². The van der Waals surface area contributed by atoms with E-state index in [0.717, 1.165) is 31.1 Å². The lowest BCUT2D eigenvalue weighted by Gasteiger charge is -2.27. The highest BCUT2D eigenvalue weighted by Gasteiger charge is 2.11. The van der Waals surface area contributed by atoms with E-state index in [-0.39, 0.29) is 0 Å². The zero-order valence-corrected chi connectivity index (χ0v) is 11.8. The molecule has 3 heteroatoms. The van der Waals surface area contributed by atoms with Crippen LogP contribution in [0.4, 0.5) is 11.5 Å². The number of para-hydroxylation sites is 1. The molecule has 0 aliphatic carbocycles. The molecule has 0 unspecified atom stereocenters. The van der Waals surface area contributed by atoms with Crippen molar-refractivity contribution in [2.75, 3.05) is 23.3 Å². The first kappa shape index (κ1) is 13.0. The Bertz CT molecular complexity index is 516. The van der Waals surface area contributed by atoms with Crippen LogP contribution < -0.4 is 10.2 Å². The van der Waals surface area contributed by atoms with Gasteiger partial charge >= 0.3 is 0 Å². The van der Waals surface area contributed by atoms with E-state index in [4.69, 9.17) is 0 Å². The van der Waals surface area contributed by atoms with Gasteiger partial charge < -0.3 is 10.2 Å². The number of hydrogen-bond donors (Lipinski definition) is 1. The van der Waals surface area contributed by atoms with Crippen LogP contribution in [0.15, 0.2) is 48.7 Å². The first-order valence-electron chi connectivity index (χ1n) is 7.41. The van der Waals surface area contributed by atoms with Gasteiger partial charge in [0.25, 0.3) is 0 Å². The van der Waals surface area contributed by atoms with Gasteiger partial charge in [0.15, 0.2) is 0 Å². The van der Waals surface area contributed by atoms with Gasteiger partial charge in [-0.1, -0.05) is 24.3 Å². The lowest BCUT2D eigenvalue weighted by Crippen LogP contribution is -2.30. The number of nitrogens with zero attached hydrogens (tertiary/aromatic N) is 2. The molecule has 2 heterocycles. The van der Waals surface area contributed by atoms with Crippen molar-refractivity contribution >= 4 is 11.5 Å². The average molecular weight is 267 g/mol. The summed E-state index contributed by atoms with van der Waals surface area (Å²) in [6, 6.07) is 14.6. The molecule has 1 aromatic carbocycles. The van der Waals surface area contributed by atoms with Gasteiger partial charge in [0.05, 0.1) is 0 Å². The molecule has 2 aromatic rings. The maximum atomic E-state index is 4.60. The molecule has 104 valence electrons. The quantitative estimate of drug-likeness (QED) is 0.916. The van der Waals surface area contributed by atoms with Crippen LogP contribution in [0.3, 0.4) is 0 Å². The third kappa shape index (κ3) is 3.29. The van der Waals surface area contributed by atoms with Crippen molar-refractivity contribution in [3.63, 3.8) is 0 Å². The fraction of sp³-hybridized carbons (Fsp3) is 0.353. The molecule has 0 saturated carbocycles. The highest BCUT2D eigenvalue weighted by molar-refractivity contribution is 5.44. The average Bonchev–Trinajstić information content (AvgIpc) is 2.55. The van der Waals surface area contributed by atoms with E-state index in [9.17, 15) is 0 Å². The van der Waals surface area contributed by atoms with Crippen molar-refractivity contribution in [3.8, 4) is 0 Å². The Labute approximate surface area is 120 Å². The lowest BCUT2D eigenvalue weighted by molar-refractivity contribution is 0.573. The zero-order valence-electron chi connectivity index (χ0n) is 11.8. The topological polar surface area (TPSA) is 28.2 Å². The summed E-state index contributed by atoms with van der Waals surface area (Å²) in [5.41, 5.74) is 2.36. The lowest BCUT2D eigenvalue weighted by atomic mass is 10.1. The molecule has 1 aliphatic rings. The molecule has 0 spiro atoms. The first-order valence-corrected chi connectivity index (χ1v) is 7.41. The van der Waals surface area contributed by atoms with Crippen LogP contribution in [-0.2, 0) is 6.54 Å². The highest BCUT2D eigenvalue weighted by Crippen LogP contribution is 2.17. The van der Waals surface area contributed by atoms with Crippen molar-refractivity contribution in [1.29, 1.82) is 0 Å². The maximum absolute atomic E-state index is 4.60. The Hall–Kier alpha value is -2.03. The molecule has 0 bridgehead atoms. The molecule has 3 nitrogen and oxygen atoms in total. The van der Waals surface area contributed by atoms with Crippen LogP contribution in [0.2, 0.25) is 0 Å². The summed E-state index contributed by atoms with van der Waals surface area (Å²) in [7, 11) is 0.